The monoisotopic (exact) mass is 351 g/mol. The van der Waals surface area contributed by atoms with Crippen molar-refractivity contribution in [3.8, 4) is 0 Å². The fourth-order valence-corrected chi connectivity index (χ4v) is 4.94. The summed E-state index contributed by atoms with van der Waals surface area (Å²) in [6, 6.07) is 5.30. The van der Waals surface area contributed by atoms with Crippen LogP contribution < -0.4 is 4.31 Å². The molecule has 1 amide bonds. The van der Waals surface area contributed by atoms with Crippen molar-refractivity contribution in [3.63, 3.8) is 0 Å². The Balaban J connectivity index is 1.85. The lowest BCUT2D eigenvalue weighted by molar-refractivity contribution is 0.0762. The van der Waals surface area contributed by atoms with Crippen LogP contribution in [0.4, 0.5) is 5.69 Å². The molecule has 1 atom stereocenters. The van der Waals surface area contributed by atoms with Crippen LogP contribution in [0.2, 0.25) is 0 Å². The topological polar surface area (TPSA) is 60.9 Å². The van der Waals surface area contributed by atoms with E-state index in [0.717, 1.165) is 38.2 Å². The molecule has 3 rings (SSSR count). The van der Waals surface area contributed by atoms with E-state index in [-0.39, 0.29) is 11.9 Å². The van der Waals surface area contributed by atoms with E-state index < -0.39 is 10.0 Å². The molecule has 2 heterocycles. The first-order valence-corrected chi connectivity index (χ1v) is 10.2. The minimum atomic E-state index is -3.30. The molecule has 0 spiro atoms. The highest BCUT2D eigenvalue weighted by atomic mass is 32.2. The van der Waals surface area contributed by atoms with Crippen LogP contribution >= 0.6 is 0 Å². The Morgan fingerprint density at radius 3 is 2.62 bits per heavy atom. The van der Waals surface area contributed by atoms with Crippen molar-refractivity contribution in [1.29, 1.82) is 0 Å². The van der Waals surface area contributed by atoms with E-state index in [4.69, 9.17) is 0 Å². The summed E-state index contributed by atoms with van der Waals surface area (Å²) in [5.74, 6) is 0.0403. The van der Waals surface area contributed by atoms with Crippen LogP contribution in [0.25, 0.3) is 0 Å². The van der Waals surface area contributed by atoms with Crippen LogP contribution in [-0.4, -0.2) is 69.6 Å². The Hall–Kier alpha value is -1.60. The van der Waals surface area contributed by atoms with Crippen LogP contribution in [0.15, 0.2) is 18.2 Å². The van der Waals surface area contributed by atoms with Crippen molar-refractivity contribution in [2.24, 2.45) is 0 Å². The van der Waals surface area contributed by atoms with Crippen LogP contribution in [0.3, 0.4) is 0 Å². The quantitative estimate of drug-likeness (QED) is 0.803. The lowest BCUT2D eigenvalue weighted by Gasteiger charge is -2.23. The standard InChI is InChI=1S/C17H25N3O3S/c1-13-11-15-12-14(5-6-16(15)20(13)24(3,22)23)17(21)19-8-4-7-18(2)9-10-19/h5-6,12-13H,4,7-11H2,1-3H3. The second kappa shape index (κ2) is 6.37. The number of amides is 1. The van der Waals surface area contributed by atoms with E-state index in [9.17, 15) is 13.2 Å². The zero-order valence-corrected chi connectivity index (χ0v) is 15.3. The highest BCUT2D eigenvalue weighted by molar-refractivity contribution is 7.92. The average Bonchev–Trinajstić information content (AvgIpc) is 2.69. The molecule has 0 bridgehead atoms. The molecule has 1 unspecified atom stereocenters. The van der Waals surface area contributed by atoms with Crippen LogP contribution in [0.5, 0.6) is 0 Å². The number of carbonyl (C=O) groups is 1. The van der Waals surface area contributed by atoms with Crippen molar-refractivity contribution in [1.82, 2.24) is 9.80 Å². The summed E-state index contributed by atoms with van der Waals surface area (Å²) in [5.41, 5.74) is 2.30. The predicted octanol–water partition coefficient (Wildman–Crippen LogP) is 1.17. The van der Waals surface area contributed by atoms with Gasteiger partial charge in [-0.2, -0.15) is 0 Å². The summed E-state index contributed by atoms with van der Waals surface area (Å²) in [4.78, 5) is 16.9. The van der Waals surface area contributed by atoms with E-state index in [0.29, 0.717) is 17.7 Å². The maximum Gasteiger partial charge on any atom is 0.253 e. The zero-order chi connectivity index (χ0) is 17.5. The van der Waals surface area contributed by atoms with Crippen molar-refractivity contribution < 1.29 is 13.2 Å². The Kier molecular flexibility index (Phi) is 4.57. The third-order valence-electron chi connectivity index (χ3n) is 4.84. The molecule has 0 N–H and O–H groups in total. The minimum Gasteiger partial charge on any atom is -0.337 e. The van der Waals surface area contributed by atoms with Crippen LogP contribution in [-0.2, 0) is 16.4 Å². The van der Waals surface area contributed by atoms with Crippen molar-refractivity contribution >= 4 is 21.6 Å². The Bertz CT molecular complexity index is 747. The number of rotatable bonds is 2. The Morgan fingerprint density at radius 1 is 1.17 bits per heavy atom. The molecule has 6 nitrogen and oxygen atoms in total. The molecule has 1 aromatic carbocycles. The SMILES string of the molecule is CC1Cc2cc(C(=O)N3CCCN(C)CC3)ccc2N1S(C)(=O)=O. The minimum absolute atomic E-state index is 0.0403. The van der Waals surface area contributed by atoms with Gasteiger partial charge in [-0.15, -0.1) is 0 Å². The van der Waals surface area contributed by atoms with Gasteiger partial charge in [0.2, 0.25) is 10.0 Å². The number of anilines is 1. The van der Waals surface area contributed by atoms with Gasteiger partial charge in [0.25, 0.3) is 5.91 Å². The van der Waals surface area contributed by atoms with Crippen molar-refractivity contribution in [2.45, 2.75) is 25.8 Å². The number of hydrogen-bond donors (Lipinski definition) is 0. The number of nitrogens with zero attached hydrogens (tertiary/aromatic N) is 3. The maximum atomic E-state index is 12.8. The van der Waals surface area contributed by atoms with E-state index in [1.54, 1.807) is 12.1 Å². The Morgan fingerprint density at radius 2 is 1.92 bits per heavy atom. The van der Waals surface area contributed by atoms with Gasteiger partial charge >= 0.3 is 0 Å². The first kappa shape index (κ1) is 17.2. The molecule has 1 aromatic rings. The molecular formula is C17H25N3O3S. The molecule has 0 aliphatic carbocycles. The summed E-state index contributed by atoms with van der Waals surface area (Å²) < 4.78 is 25.4. The summed E-state index contributed by atoms with van der Waals surface area (Å²) >= 11 is 0. The van der Waals surface area contributed by atoms with Gasteiger partial charge in [0.1, 0.15) is 0 Å². The smallest absolute Gasteiger partial charge is 0.253 e. The van der Waals surface area contributed by atoms with Gasteiger partial charge < -0.3 is 9.80 Å². The normalized spacial score (nSPS) is 22.4. The van der Waals surface area contributed by atoms with E-state index in [1.807, 2.05) is 17.9 Å². The Labute approximate surface area is 144 Å². The molecule has 1 fully saturated rings. The summed E-state index contributed by atoms with van der Waals surface area (Å²) in [5, 5.41) is 0. The molecule has 2 aliphatic heterocycles. The van der Waals surface area contributed by atoms with Gasteiger partial charge in [-0.25, -0.2) is 8.42 Å². The first-order chi connectivity index (χ1) is 11.3. The van der Waals surface area contributed by atoms with Crippen molar-refractivity contribution in [2.75, 3.05) is 43.8 Å². The van der Waals surface area contributed by atoms with Gasteiger partial charge in [-0.3, -0.25) is 9.10 Å². The molecule has 2 aliphatic rings. The fourth-order valence-electron chi connectivity index (χ4n) is 3.67. The van der Waals surface area contributed by atoms with Gasteiger partial charge in [-0.05, 0) is 57.1 Å². The second-order valence-electron chi connectivity index (χ2n) is 6.90. The number of sulfonamides is 1. The molecule has 24 heavy (non-hydrogen) atoms. The lowest BCUT2D eigenvalue weighted by Crippen LogP contribution is -2.35. The van der Waals surface area contributed by atoms with Gasteiger partial charge in [0, 0.05) is 31.2 Å². The highest BCUT2D eigenvalue weighted by Gasteiger charge is 2.33. The number of fused-ring (bicyclic) bond motifs is 1. The maximum absolute atomic E-state index is 12.8. The molecule has 0 radical (unpaired) electrons. The molecule has 132 valence electrons. The van der Waals surface area contributed by atoms with Gasteiger partial charge in [-0.1, -0.05) is 0 Å². The summed E-state index contributed by atoms with van der Waals surface area (Å²) in [6.07, 6.45) is 2.85. The van der Waals surface area contributed by atoms with E-state index in [1.165, 1.54) is 10.6 Å². The molecular weight excluding hydrogens is 326 g/mol. The zero-order valence-electron chi connectivity index (χ0n) is 14.5. The number of carbonyl (C=O) groups excluding carboxylic acids is 1. The molecule has 0 aromatic heterocycles. The third-order valence-corrected chi connectivity index (χ3v) is 6.11. The lowest BCUT2D eigenvalue weighted by atomic mass is 10.1. The molecule has 7 heteroatoms. The van der Waals surface area contributed by atoms with E-state index >= 15 is 0 Å². The van der Waals surface area contributed by atoms with Gasteiger partial charge in [0.05, 0.1) is 11.9 Å². The van der Waals surface area contributed by atoms with Gasteiger partial charge in [0.15, 0.2) is 0 Å². The highest BCUT2D eigenvalue weighted by Crippen LogP contribution is 2.34. The van der Waals surface area contributed by atoms with Crippen molar-refractivity contribution in [3.05, 3.63) is 29.3 Å². The summed E-state index contributed by atoms with van der Waals surface area (Å²) in [6.45, 7) is 5.29. The van der Waals surface area contributed by atoms with Crippen LogP contribution in [0, 0.1) is 0 Å². The average molecular weight is 351 g/mol. The fraction of sp³-hybridized carbons (Fsp3) is 0.588. The molecule has 1 saturated heterocycles. The number of likely N-dealkylation sites (N-methyl/N-ethyl adjacent to an activating group) is 1. The predicted molar refractivity (Wildman–Crippen MR) is 94.9 cm³/mol. The summed E-state index contributed by atoms with van der Waals surface area (Å²) in [7, 11) is -1.22. The van der Waals surface area contributed by atoms with Crippen LogP contribution in [0.1, 0.15) is 29.3 Å². The van der Waals surface area contributed by atoms with E-state index in [2.05, 4.69) is 11.9 Å². The third kappa shape index (κ3) is 3.28. The molecule has 0 saturated carbocycles. The second-order valence-corrected chi connectivity index (χ2v) is 8.76. The first-order valence-electron chi connectivity index (χ1n) is 8.37. The number of benzene rings is 1. The number of hydrogen-bond acceptors (Lipinski definition) is 4. The largest absolute Gasteiger partial charge is 0.337 e.